The van der Waals surface area contributed by atoms with Crippen LogP contribution in [0.1, 0.15) is 122 Å². The van der Waals surface area contributed by atoms with Gasteiger partial charge < -0.3 is 14.9 Å². The van der Waals surface area contributed by atoms with Crippen molar-refractivity contribution >= 4 is 16.5 Å². The van der Waals surface area contributed by atoms with E-state index in [0.717, 1.165) is 6.42 Å². The Bertz CT molecular complexity index is 323. The van der Waals surface area contributed by atoms with Crippen LogP contribution in [0, 0.1) is 0 Å². The minimum Gasteiger partial charge on any atom is -0.563 e. The third kappa shape index (κ3) is 44.9. The van der Waals surface area contributed by atoms with E-state index in [0.29, 0.717) is 6.61 Å². The fourth-order valence-corrected chi connectivity index (χ4v) is 3.50. The van der Waals surface area contributed by atoms with Gasteiger partial charge in [-0.15, -0.1) is 0 Å². The SMILES string of the molecule is CCCCCCCCCCCCCCCCCCCCO.O=[P+]([O-])O[P+](=O)[O-].[K+].[K+]. The number of hydrogen-bond donors (Lipinski definition) is 1. The largest absolute Gasteiger partial charge is 1.00 e. The molecule has 0 amide bonds. The molecule has 6 nitrogen and oxygen atoms in total. The molecule has 0 radical (unpaired) electrons. The van der Waals surface area contributed by atoms with Crippen LogP contribution < -0.4 is 113 Å². The summed E-state index contributed by atoms with van der Waals surface area (Å²) in [6.07, 6.45) is 25.1. The van der Waals surface area contributed by atoms with Gasteiger partial charge in [-0.1, -0.05) is 116 Å². The number of aliphatic hydroxyl groups is 1. The van der Waals surface area contributed by atoms with E-state index in [9.17, 15) is 18.9 Å². The average Bonchev–Trinajstić information content (AvgIpc) is 2.63. The van der Waals surface area contributed by atoms with Gasteiger partial charge in [0, 0.05) is 6.61 Å². The van der Waals surface area contributed by atoms with Crippen molar-refractivity contribution in [1.82, 2.24) is 0 Å². The minimum atomic E-state index is -3.24. The van der Waals surface area contributed by atoms with Gasteiger partial charge in [-0.25, -0.2) is 0 Å². The first-order valence-corrected chi connectivity index (χ1v) is 13.3. The van der Waals surface area contributed by atoms with Crippen molar-refractivity contribution in [2.75, 3.05) is 6.61 Å². The van der Waals surface area contributed by atoms with Gasteiger partial charge in [0.1, 0.15) is 4.31 Å². The molecule has 0 rings (SSSR count). The molecule has 1 N–H and O–H groups in total. The first-order valence-electron chi connectivity index (χ1n) is 11.1. The van der Waals surface area contributed by atoms with E-state index >= 15 is 0 Å². The topological polar surface area (TPSA) is 110 Å². The van der Waals surface area contributed by atoms with Crippen LogP contribution in [-0.2, 0) is 13.4 Å². The molecule has 0 saturated heterocycles. The summed E-state index contributed by atoms with van der Waals surface area (Å²) in [6, 6.07) is 0. The standard InChI is InChI=1S/C20H42O.2K.O5P2/c1-2-3-4-5-6-7-8-9-10-11-12-13-14-15-16-17-18-19-20-21;;;1-6(2)5-7(3)4/h21H,2-20H2,1H3;;;/q;2*+1;. The zero-order valence-corrected chi connectivity index (χ0v) is 27.9. The van der Waals surface area contributed by atoms with Crippen LogP contribution in [0.15, 0.2) is 0 Å². The molecule has 2 atom stereocenters. The Morgan fingerprint density at radius 1 is 0.567 bits per heavy atom. The van der Waals surface area contributed by atoms with Crippen molar-refractivity contribution in [1.29, 1.82) is 0 Å². The molecule has 0 fully saturated rings. The van der Waals surface area contributed by atoms with Crippen LogP contribution in [-0.4, -0.2) is 11.7 Å². The molecule has 0 aromatic carbocycles. The summed E-state index contributed by atoms with van der Waals surface area (Å²) in [5.41, 5.74) is 0. The van der Waals surface area contributed by atoms with Crippen LogP contribution >= 0.6 is 16.5 Å². The van der Waals surface area contributed by atoms with Gasteiger partial charge in [0.2, 0.25) is 0 Å². The van der Waals surface area contributed by atoms with Crippen molar-refractivity contribution in [3.05, 3.63) is 0 Å². The van der Waals surface area contributed by atoms with Crippen LogP contribution in [0.25, 0.3) is 0 Å². The van der Waals surface area contributed by atoms with Crippen molar-refractivity contribution in [2.24, 2.45) is 0 Å². The van der Waals surface area contributed by atoms with Gasteiger partial charge in [-0.05, 0) is 15.6 Å². The molecule has 0 bridgehead atoms. The molecule has 2 unspecified atom stereocenters. The van der Waals surface area contributed by atoms with Crippen LogP contribution in [0.4, 0.5) is 0 Å². The molecule has 30 heavy (non-hydrogen) atoms. The Hall–Kier alpha value is 3.31. The third-order valence-corrected chi connectivity index (χ3v) is 5.71. The molecular formula is C20H42K2O6P2+2. The number of rotatable bonds is 20. The smallest absolute Gasteiger partial charge is 0.563 e. The van der Waals surface area contributed by atoms with E-state index < -0.39 is 16.5 Å². The summed E-state index contributed by atoms with van der Waals surface area (Å²) in [5, 5.41) is 8.69. The van der Waals surface area contributed by atoms with E-state index in [1.807, 2.05) is 0 Å². The minimum absolute atomic E-state index is 0. The molecule has 0 aromatic rings. The van der Waals surface area contributed by atoms with E-state index in [-0.39, 0.29) is 103 Å². The zero-order chi connectivity index (χ0) is 21.3. The number of aliphatic hydroxyl groups excluding tert-OH is 1. The Morgan fingerprint density at radius 2 is 0.800 bits per heavy atom. The summed E-state index contributed by atoms with van der Waals surface area (Å²) in [7, 11) is -6.47. The summed E-state index contributed by atoms with van der Waals surface area (Å²) >= 11 is 0. The van der Waals surface area contributed by atoms with E-state index in [4.69, 9.17) is 5.11 Å². The second-order valence-corrected chi connectivity index (χ2v) is 8.81. The Kier molecular flexibility index (Phi) is 49.8. The van der Waals surface area contributed by atoms with Crippen molar-refractivity contribution < 1.29 is 131 Å². The molecule has 168 valence electrons. The van der Waals surface area contributed by atoms with Gasteiger partial charge in [0.25, 0.3) is 0 Å². The second-order valence-electron chi connectivity index (χ2n) is 7.26. The average molecular weight is 519 g/mol. The molecule has 0 aliphatic heterocycles. The molecule has 0 heterocycles. The van der Waals surface area contributed by atoms with Gasteiger partial charge >= 0.3 is 119 Å². The molecule has 0 spiro atoms. The van der Waals surface area contributed by atoms with Gasteiger partial charge in [0.15, 0.2) is 0 Å². The molecule has 0 aliphatic rings. The Morgan fingerprint density at radius 3 is 0.967 bits per heavy atom. The van der Waals surface area contributed by atoms with Crippen molar-refractivity contribution in [2.45, 2.75) is 122 Å². The number of unbranched alkanes of at least 4 members (excludes halogenated alkanes) is 17. The summed E-state index contributed by atoms with van der Waals surface area (Å²) in [5.74, 6) is 0. The zero-order valence-electron chi connectivity index (χ0n) is 19.8. The maximum atomic E-state index is 9.24. The normalized spacial score (nSPS) is 10.9. The molecule has 10 heteroatoms. The van der Waals surface area contributed by atoms with Gasteiger partial charge in [-0.2, -0.15) is 0 Å². The van der Waals surface area contributed by atoms with Crippen molar-refractivity contribution in [3.63, 3.8) is 0 Å². The van der Waals surface area contributed by atoms with E-state index in [1.165, 1.54) is 109 Å². The van der Waals surface area contributed by atoms with E-state index in [2.05, 4.69) is 11.2 Å². The third-order valence-electron chi connectivity index (χ3n) is 4.65. The van der Waals surface area contributed by atoms with Crippen LogP contribution in [0.3, 0.4) is 0 Å². The Labute approximate surface area is 272 Å². The number of hydrogen-bond acceptors (Lipinski definition) is 6. The first kappa shape index (κ1) is 40.5. The summed E-state index contributed by atoms with van der Waals surface area (Å²) in [6.45, 7) is 2.66. The first-order chi connectivity index (χ1) is 13.5. The fourth-order valence-electron chi connectivity index (χ4n) is 3.07. The Balaban J connectivity index is -0.000000323. The second kappa shape index (κ2) is 36.9. The van der Waals surface area contributed by atoms with Crippen LogP contribution in [0.5, 0.6) is 0 Å². The van der Waals surface area contributed by atoms with Crippen LogP contribution in [0.2, 0.25) is 0 Å². The monoisotopic (exact) mass is 518 g/mol. The van der Waals surface area contributed by atoms with E-state index in [1.54, 1.807) is 0 Å². The maximum Gasteiger partial charge on any atom is 1.00 e. The van der Waals surface area contributed by atoms with Gasteiger partial charge in [-0.3, -0.25) is 0 Å². The molecule has 0 aromatic heterocycles. The summed E-state index contributed by atoms with van der Waals surface area (Å²) < 4.78 is 21.6. The van der Waals surface area contributed by atoms with Gasteiger partial charge in [0.05, 0.1) is 0 Å². The quantitative estimate of drug-likeness (QED) is 0.139. The fraction of sp³-hybridized carbons (Fsp3) is 1.00. The molecule has 0 saturated carbocycles. The van der Waals surface area contributed by atoms with Crippen molar-refractivity contribution in [3.8, 4) is 0 Å². The predicted octanol–water partition coefficient (Wildman–Crippen LogP) is 0.0668. The summed E-state index contributed by atoms with van der Waals surface area (Å²) in [4.78, 5) is 18.5. The maximum absolute atomic E-state index is 9.24. The molecule has 0 aliphatic carbocycles. The molecular weight excluding hydrogens is 476 g/mol. The predicted molar refractivity (Wildman–Crippen MR) is 112 cm³/mol.